The molecule has 3 aliphatic rings. The molecule has 1 fully saturated rings. The van der Waals surface area contributed by atoms with Gasteiger partial charge in [-0.05, 0) is 54.7 Å². The van der Waals surface area contributed by atoms with Gasteiger partial charge >= 0.3 is 0 Å². The van der Waals surface area contributed by atoms with Gasteiger partial charge in [0.1, 0.15) is 36.3 Å². The number of nitrogens with two attached hydrogens (primary N) is 2. The second-order valence-electron chi connectivity index (χ2n) is 14.0. The Bertz CT molecular complexity index is 2190. The normalized spacial score (nSPS) is 23.1. The fourth-order valence-electron chi connectivity index (χ4n) is 6.88. The van der Waals surface area contributed by atoms with Crippen LogP contribution in [0.1, 0.15) is 34.1 Å². The zero-order valence-electron chi connectivity index (χ0n) is 31.7. The number of carbonyl (C=O) groups excluding carboxylic acids is 3. The first kappa shape index (κ1) is 40.5. The second-order valence-corrected chi connectivity index (χ2v) is 14.0. The lowest BCUT2D eigenvalue weighted by atomic mass is 10.0. The van der Waals surface area contributed by atoms with E-state index in [0.29, 0.717) is 46.7 Å². The van der Waals surface area contributed by atoms with Gasteiger partial charge in [0.05, 0.1) is 49.4 Å². The number of anilines is 2. The fraction of sp³-hybridized carbons (Fsp3) is 0.368. The highest BCUT2D eigenvalue weighted by atomic mass is 16.5. The van der Waals surface area contributed by atoms with Crippen molar-refractivity contribution in [2.45, 2.75) is 62.6 Å². The fourth-order valence-corrected chi connectivity index (χ4v) is 6.88. The van der Waals surface area contributed by atoms with Gasteiger partial charge in [-0.2, -0.15) is 0 Å². The van der Waals surface area contributed by atoms with Crippen LogP contribution in [0.3, 0.4) is 0 Å². The van der Waals surface area contributed by atoms with Crippen molar-refractivity contribution >= 4 is 40.4 Å². The number of hydrogen-bond donors (Lipinski definition) is 8. The van der Waals surface area contributed by atoms with Crippen LogP contribution < -0.4 is 31.7 Å². The molecule has 19 heteroatoms. The number of rotatable bonds is 10. The monoisotopic (exact) mass is 786 g/mol. The third-order valence-corrected chi connectivity index (χ3v) is 9.92. The van der Waals surface area contributed by atoms with Crippen molar-refractivity contribution in [1.82, 2.24) is 29.7 Å². The van der Waals surface area contributed by atoms with Crippen LogP contribution in [0.4, 0.5) is 11.5 Å². The number of amides is 3. The smallest absolute Gasteiger partial charge is 0.260 e. The van der Waals surface area contributed by atoms with Crippen molar-refractivity contribution in [2.24, 2.45) is 11.5 Å². The van der Waals surface area contributed by atoms with E-state index >= 15 is 0 Å². The zero-order valence-corrected chi connectivity index (χ0v) is 31.7. The molecular formula is C38H46N10O9. The maximum absolute atomic E-state index is 12.8. The molecule has 0 bridgehead atoms. The summed E-state index contributed by atoms with van der Waals surface area (Å²) in [6.07, 6.45) is 3.90. The molecule has 10 N–H and O–H groups in total. The van der Waals surface area contributed by atoms with Crippen molar-refractivity contribution in [3.8, 4) is 11.5 Å². The summed E-state index contributed by atoms with van der Waals surface area (Å²) in [6.45, 7) is 1.31. The van der Waals surface area contributed by atoms with E-state index in [1.165, 1.54) is 29.7 Å². The molecule has 3 amide bonds. The van der Waals surface area contributed by atoms with Gasteiger partial charge in [0.25, 0.3) is 5.91 Å². The number of hydrogen-bond acceptors (Lipinski definition) is 15. The molecule has 2 aromatic heterocycles. The number of aliphatic hydroxyl groups excluding tert-OH is 3. The quantitative estimate of drug-likeness (QED) is 0.0763. The van der Waals surface area contributed by atoms with Crippen LogP contribution in [0.15, 0.2) is 73.0 Å². The van der Waals surface area contributed by atoms with Crippen LogP contribution in [-0.4, -0.2) is 127 Å². The summed E-state index contributed by atoms with van der Waals surface area (Å²) >= 11 is 0. The van der Waals surface area contributed by atoms with Gasteiger partial charge in [0.15, 0.2) is 23.2 Å². The van der Waals surface area contributed by atoms with E-state index in [0.717, 1.165) is 5.56 Å². The van der Waals surface area contributed by atoms with Gasteiger partial charge in [-0.1, -0.05) is 24.3 Å². The summed E-state index contributed by atoms with van der Waals surface area (Å²) in [5.74, 6) is -0.0936. The Morgan fingerprint density at radius 2 is 1.89 bits per heavy atom. The molecule has 2 aromatic carbocycles. The van der Waals surface area contributed by atoms with Crippen molar-refractivity contribution < 1.29 is 44.3 Å². The molecule has 4 aromatic rings. The summed E-state index contributed by atoms with van der Waals surface area (Å²) in [7, 11) is 5.25. The van der Waals surface area contributed by atoms with E-state index in [2.05, 4.69) is 25.6 Å². The number of nitrogens with one attached hydrogen (secondary N) is 2. The molecule has 5 heterocycles. The predicted molar refractivity (Wildman–Crippen MR) is 207 cm³/mol. The van der Waals surface area contributed by atoms with Crippen LogP contribution in [0.2, 0.25) is 0 Å². The van der Waals surface area contributed by atoms with Crippen LogP contribution in [0.25, 0.3) is 11.2 Å². The van der Waals surface area contributed by atoms with Crippen LogP contribution in [0.5, 0.6) is 11.5 Å². The minimum absolute atomic E-state index is 0.0473. The number of nitrogens with zero attached hydrogens (tertiary/aromatic N) is 6. The lowest BCUT2D eigenvalue weighted by Gasteiger charge is -2.24. The van der Waals surface area contributed by atoms with Gasteiger partial charge in [-0.15, -0.1) is 0 Å². The Hall–Kier alpha value is -6.12. The number of allylic oxidation sites excluding steroid dienone is 1. The van der Waals surface area contributed by atoms with Gasteiger partial charge in [-0.3, -0.25) is 19.0 Å². The number of fused-ring (bicyclic) bond motifs is 3. The number of aromatic nitrogens is 4. The van der Waals surface area contributed by atoms with Gasteiger partial charge in [0.2, 0.25) is 11.8 Å². The van der Waals surface area contributed by atoms with Crippen molar-refractivity contribution in [3.05, 3.63) is 89.7 Å². The number of benzene rings is 2. The molecule has 2 unspecified atom stereocenters. The zero-order chi connectivity index (χ0) is 41.1. The first-order chi connectivity index (χ1) is 27.2. The third kappa shape index (κ3) is 8.37. The van der Waals surface area contributed by atoms with E-state index in [1.54, 1.807) is 54.0 Å². The number of ether oxygens (including phenoxy) is 2. The SMILES string of the molecule is COc1ccc(C[C@H](N)C(=O)N[C@H]2[C@@H](O)[C@H](n3cnc4c(N(C)C)ncnc43)O[C@@H]2CO)cc1.Cc1ccc2c(c1O)NC(O)C1CC(/C=C/C(N)=O)=CN1C2=O. The van der Waals surface area contributed by atoms with Crippen LogP contribution >= 0.6 is 0 Å². The lowest BCUT2D eigenvalue weighted by molar-refractivity contribution is -0.124. The molecule has 3 aliphatic heterocycles. The number of aliphatic hydroxyl groups is 3. The number of phenols is 1. The minimum Gasteiger partial charge on any atom is -0.505 e. The lowest BCUT2D eigenvalue weighted by Crippen LogP contribution is -2.53. The Morgan fingerprint density at radius 3 is 2.56 bits per heavy atom. The molecule has 57 heavy (non-hydrogen) atoms. The van der Waals surface area contributed by atoms with Crippen LogP contribution in [0, 0.1) is 6.92 Å². The molecule has 302 valence electrons. The summed E-state index contributed by atoms with van der Waals surface area (Å²) in [4.78, 5) is 52.4. The maximum Gasteiger partial charge on any atom is 0.260 e. The molecule has 0 spiro atoms. The molecule has 0 saturated carbocycles. The van der Waals surface area contributed by atoms with E-state index in [-0.39, 0.29) is 22.9 Å². The third-order valence-electron chi connectivity index (χ3n) is 9.92. The summed E-state index contributed by atoms with van der Waals surface area (Å²) < 4.78 is 12.6. The summed E-state index contributed by atoms with van der Waals surface area (Å²) in [5, 5.41) is 46.9. The number of aromatic hydroxyl groups is 1. The average molecular weight is 787 g/mol. The van der Waals surface area contributed by atoms with Crippen molar-refractivity contribution in [3.63, 3.8) is 0 Å². The van der Waals surface area contributed by atoms with Crippen molar-refractivity contribution in [2.75, 3.05) is 38.0 Å². The predicted octanol–water partition coefficient (Wildman–Crippen LogP) is -0.209. The number of phenolic OH excluding ortho intramolecular Hbond substituents is 1. The number of aryl methyl sites for hydroxylation is 1. The van der Waals surface area contributed by atoms with E-state index in [1.807, 2.05) is 26.2 Å². The average Bonchev–Trinajstić information content (AvgIpc) is 3.89. The molecule has 7 rings (SSSR count). The largest absolute Gasteiger partial charge is 0.505 e. The number of imidazole rings is 1. The van der Waals surface area contributed by atoms with Gasteiger partial charge in [-0.25, -0.2) is 15.0 Å². The molecule has 19 nitrogen and oxygen atoms in total. The highest BCUT2D eigenvalue weighted by molar-refractivity contribution is 6.03. The standard InChI is InChI=1S/C22H29N7O5.C16H17N3O4/c1-28(2)19-17-20(25-10-24-19)29(11-26-17)22-18(31)16(15(9-30)34-22)27-21(32)14(23)8-12-4-6-13(33-3)7-5-12;1-8-2-4-10-13(14(8)21)18-15(22)11-6-9(3-5-12(17)20)7-19(11)16(10)23/h4-7,10-11,14-16,18,22,30-31H,8-9,23H2,1-3H3,(H,27,32);2-5,7,11,15,18,21-22H,6H2,1H3,(H2,17,20)/b;5-3+/t14-,15+,16+,18+,22+;/m0./s1. The van der Waals surface area contributed by atoms with E-state index in [4.69, 9.17) is 20.9 Å². The molecule has 0 aliphatic carbocycles. The number of primary amides is 1. The maximum atomic E-state index is 12.8. The van der Waals surface area contributed by atoms with Crippen LogP contribution in [-0.2, 0) is 20.7 Å². The van der Waals surface area contributed by atoms with E-state index < -0.39 is 61.2 Å². The number of methoxy groups -OCH3 is 1. The first-order valence-corrected chi connectivity index (χ1v) is 18.0. The molecule has 7 atom stereocenters. The Kier molecular flexibility index (Phi) is 12.0. The Morgan fingerprint density at radius 1 is 1.16 bits per heavy atom. The topological polar surface area (TPSA) is 277 Å². The first-order valence-electron chi connectivity index (χ1n) is 18.0. The second kappa shape index (κ2) is 16.9. The molecular weight excluding hydrogens is 740 g/mol. The Balaban J connectivity index is 0.000000208. The summed E-state index contributed by atoms with van der Waals surface area (Å²) in [6, 6.07) is 8.25. The van der Waals surface area contributed by atoms with Gasteiger partial charge < -0.3 is 61.8 Å². The van der Waals surface area contributed by atoms with Crippen molar-refractivity contribution in [1.29, 1.82) is 0 Å². The minimum atomic E-state index is -1.18. The molecule has 1 saturated heterocycles. The van der Waals surface area contributed by atoms with Gasteiger partial charge in [0, 0.05) is 26.4 Å². The molecule has 0 radical (unpaired) electrons. The Labute approximate surface area is 327 Å². The highest BCUT2D eigenvalue weighted by Crippen LogP contribution is 2.38. The summed E-state index contributed by atoms with van der Waals surface area (Å²) in [5.41, 5.74) is 14.9. The number of carbonyl (C=O) groups is 3. The highest BCUT2D eigenvalue weighted by Gasteiger charge is 2.46. The van der Waals surface area contributed by atoms with E-state index in [9.17, 15) is 34.8 Å².